The van der Waals surface area contributed by atoms with Gasteiger partial charge in [-0.1, -0.05) is 11.6 Å². The molecule has 0 fully saturated rings. The Hall–Kier alpha value is -1.28. The molecule has 0 amide bonds. The molecule has 80 valence electrons. The molecule has 1 aromatic heterocycles. The minimum atomic E-state index is 0.0858. The van der Waals surface area contributed by atoms with E-state index in [0.717, 1.165) is 0 Å². The van der Waals surface area contributed by atoms with Crippen LogP contribution in [0.3, 0.4) is 0 Å². The van der Waals surface area contributed by atoms with Gasteiger partial charge >= 0.3 is 0 Å². The first-order chi connectivity index (χ1) is 7.02. The highest BCUT2D eigenvalue weighted by atomic mass is 15.0. The maximum atomic E-state index is 6.00. The van der Waals surface area contributed by atoms with Crippen molar-refractivity contribution in [2.75, 3.05) is 0 Å². The van der Waals surface area contributed by atoms with Gasteiger partial charge in [0.05, 0.1) is 0 Å². The molecule has 0 saturated carbocycles. The molecule has 2 nitrogen and oxygen atoms in total. The first-order valence-corrected chi connectivity index (χ1v) is 5.33. The molecular formula is C13H18N2. The van der Waals surface area contributed by atoms with Crippen molar-refractivity contribution >= 4 is 10.9 Å². The van der Waals surface area contributed by atoms with E-state index < -0.39 is 0 Å². The predicted molar refractivity (Wildman–Crippen MR) is 65.0 cm³/mol. The Kier molecular flexibility index (Phi) is 2.31. The fraction of sp³-hybridized carbons (Fsp3) is 0.385. The Morgan fingerprint density at radius 3 is 2.53 bits per heavy atom. The highest BCUT2D eigenvalue weighted by molar-refractivity contribution is 5.86. The lowest BCUT2D eigenvalue weighted by Crippen LogP contribution is -2.11. The van der Waals surface area contributed by atoms with Gasteiger partial charge in [0.1, 0.15) is 0 Å². The van der Waals surface area contributed by atoms with Crippen LogP contribution in [0, 0.1) is 13.8 Å². The standard InChI is InChI=1S/C13H18N2/c1-8-5-6-12-11(7-8)9(2)13(10(3)14)15(12)4/h5-7,10H,14H2,1-4H3. The number of aromatic nitrogens is 1. The van der Waals surface area contributed by atoms with Gasteiger partial charge in [0, 0.05) is 29.7 Å². The van der Waals surface area contributed by atoms with Crippen molar-refractivity contribution in [1.82, 2.24) is 4.57 Å². The maximum absolute atomic E-state index is 6.00. The fourth-order valence-corrected chi connectivity index (χ4v) is 2.41. The van der Waals surface area contributed by atoms with E-state index in [2.05, 4.69) is 43.7 Å². The Balaban J connectivity index is 2.85. The molecular weight excluding hydrogens is 184 g/mol. The quantitative estimate of drug-likeness (QED) is 0.757. The summed E-state index contributed by atoms with van der Waals surface area (Å²) in [7, 11) is 2.09. The number of fused-ring (bicyclic) bond motifs is 1. The summed E-state index contributed by atoms with van der Waals surface area (Å²) in [5.74, 6) is 0. The van der Waals surface area contributed by atoms with Crippen LogP contribution in [0.1, 0.15) is 29.8 Å². The summed E-state index contributed by atoms with van der Waals surface area (Å²) in [4.78, 5) is 0. The van der Waals surface area contributed by atoms with Crippen LogP contribution in [0.25, 0.3) is 10.9 Å². The molecule has 0 aliphatic rings. The van der Waals surface area contributed by atoms with Gasteiger partial charge in [-0.15, -0.1) is 0 Å². The average Bonchev–Trinajstić information content (AvgIpc) is 2.39. The van der Waals surface area contributed by atoms with Crippen LogP contribution in [-0.2, 0) is 7.05 Å². The van der Waals surface area contributed by atoms with E-state index in [1.54, 1.807) is 0 Å². The van der Waals surface area contributed by atoms with Crippen molar-refractivity contribution in [2.24, 2.45) is 12.8 Å². The number of hydrogen-bond donors (Lipinski definition) is 1. The zero-order valence-corrected chi connectivity index (χ0v) is 9.83. The van der Waals surface area contributed by atoms with Crippen LogP contribution in [0.4, 0.5) is 0 Å². The van der Waals surface area contributed by atoms with E-state index in [1.165, 1.54) is 27.7 Å². The summed E-state index contributed by atoms with van der Waals surface area (Å²) in [6.07, 6.45) is 0. The number of benzene rings is 1. The van der Waals surface area contributed by atoms with Gasteiger partial charge in [0.2, 0.25) is 0 Å². The summed E-state index contributed by atoms with van der Waals surface area (Å²) >= 11 is 0. The summed E-state index contributed by atoms with van der Waals surface area (Å²) in [6, 6.07) is 6.63. The molecule has 1 aromatic carbocycles. The lowest BCUT2D eigenvalue weighted by Gasteiger charge is -2.08. The van der Waals surface area contributed by atoms with Crippen molar-refractivity contribution in [1.29, 1.82) is 0 Å². The van der Waals surface area contributed by atoms with Crippen LogP contribution in [0.5, 0.6) is 0 Å². The number of rotatable bonds is 1. The van der Waals surface area contributed by atoms with Gasteiger partial charge in [-0.25, -0.2) is 0 Å². The third kappa shape index (κ3) is 1.45. The molecule has 1 atom stereocenters. The Morgan fingerprint density at radius 1 is 1.27 bits per heavy atom. The van der Waals surface area contributed by atoms with Gasteiger partial charge in [-0.2, -0.15) is 0 Å². The van der Waals surface area contributed by atoms with E-state index in [0.29, 0.717) is 0 Å². The van der Waals surface area contributed by atoms with Crippen molar-refractivity contribution < 1.29 is 0 Å². The minimum absolute atomic E-state index is 0.0858. The summed E-state index contributed by atoms with van der Waals surface area (Å²) in [5, 5.41) is 1.32. The molecule has 15 heavy (non-hydrogen) atoms. The van der Waals surface area contributed by atoms with E-state index in [9.17, 15) is 0 Å². The van der Waals surface area contributed by atoms with Crippen LogP contribution in [0.15, 0.2) is 18.2 Å². The predicted octanol–water partition coefficient (Wildman–Crippen LogP) is 2.81. The SMILES string of the molecule is Cc1ccc2c(c1)c(C)c(C(C)N)n2C. The first-order valence-electron chi connectivity index (χ1n) is 5.33. The molecule has 0 aliphatic heterocycles. The van der Waals surface area contributed by atoms with Crippen molar-refractivity contribution in [3.05, 3.63) is 35.0 Å². The number of nitrogens with two attached hydrogens (primary N) is 1. The van der Waals surface area contributed by atoms with Crippen LogP contribution >= 0.6 is 0 Å². The average molecular weight is 202 g/mol. The van der Waals surface area contributed by atoms with Crippen molar-refractivity contribution in [3.8, 4) is 0 Å². The third-order valence-corrected chi connectivity index (χ3v) is 3.09. The second-order valence-corrected chi connectivity index (χ2v) is 4.38. The minimum Gasteiger partial charge on any atom is -0.346 e. The Labute approximate surface area is 90.7 Å². The molecule has 0 aliphatic carbocycles. The second-order valence-electron chi connectivity index (χ2n) is 4.38. The smallest absolute Gasteiger partial charge is 0.0483 e. The lowest BCUT2D eigenvalue weighted by atomic mass is 10.1. The largest absolute Gasteiger partial charge is 0.346 e. The first kappa shape index (κ1) is 10.2. The Morgan fingerprint density at radius 2 is 1.93 bits per heavy atom. The lowest BCUT2D eigenvalue weighted by molar-refractivity contribution is 0.720. The highest BCUT2D eigenvalue weighted by Gasteiger charge is 2.14. The number of hydrogen-bond acceptors (Lipinski definition) is 1. The second kappa shape index (κ2) is 3.38. The molecule has 1 heterocycles. The normalized spacial score (nSPS) is 13.4. The fourth-order valence-electron chi connectivity index (χ4n) is 2.41. The third-order valence-electron chi connectivity index (χ3n) is 3.09. The molecule has 0 saturated heterocycles. The van der Waals surface area contributed by atoms with Gasteiger partial charge in [-0.3, -0.25) is 0 Å². The van der Waals surface area contributed by atoms with E-state index in [-0.39, 0.29) is 6.04 Å². The van der Waals surface area contributed by atoms with E-state index in [1.807, 2.05) is 6.92 Å². The van der Waals surface area contributed by atoms with Crippen molar-refractivity contribution in [3.63, 3.8) is 0 Å². The zero-order chi connectivity index (χ0) is 11.2. The molecule has 0 spiro atoms. The van der Waals surface area contributed by atoms with Gasteiger partial charge in [-0.05, 0) is 38.5 Å². The maximum Gasteiger partial charge on any atom is 0.0483 e. The highest BCUT2D eigenvalue weighted by Crippen LogP contribution is 2.28. The van der Waals surface area contributed by atoms with Gasteiger partial charge in [0.25, 0.3) is 0 Å². The van der Waals surface area contributed by atoms with Gasteiger partial charge < -0.3 is 10.3 Å². The van der Waals surface area contributed by atoms with E-state index >= 15 is 0 Å². The van der Waals surface area contributed by atoms with Crippen LogP contribution in [0.2, 0.25) is 0 Å². The Bertz CT molecular complexity index is 507. The van der Waals surface area contributed by atoms with Crippen molar-refractivity contribution in [2.45, 2.75) is 26.8 Å². The molecule has 2 rings (SSSR count). The molecule has 1 unspecified atom stereocenters. The molecule has 0 radical (unpaired) electrons. The summed E-state index contributed by atoms with van der Waals surface area (Å²) in [6.45, 7) is 6.31. The topological polar surface area (TPSA) is 30.9 Å². The van der Waals surface area contributed by atoms with Crippen LogP contribution < -0.4 is 5.73 Å². The monoisotopic (exact) mass is 202 g/mol. The molecule has 2 heteroatoms. The molecule has 2 aromatic rings. The van der Waals surface area contributed by atoms with Gasteiger partial charge in [0.15, 0.2) is 0 Å². The summed E-state index contributed by atoms with van der Waals surface area (Å²) in [5.41, 5.74) is 11.1. The van der Waals surface area contributed by atoms with E-state index in [4.69, 9.17) is 5.73 Å². The molecule has 2 N–H and O–H groups in total. The van der Waals surface area contributed by atoms with Crippen LogP contribution in [-0.4, -0.2) is 4.57 Å². The zero-order valence-electron chi connectivity index (χ0n) is 9.83. The molecule has 0 bridgehead atoms. The number of aryl methyl sites for hydroxylation is 3. The summed E-state index contributed by atoms with van der Waals surface area (Å²) < 4.78 is 2.20. The number of nitrogens with zero attached hydrogens (tertiary/aromatic N) is 1.